The Kier molecular flexibility index (Phi) is 4.55. The van der Waals surface area contributed by atoms with E-state index in [-0.39, 0.29) is 11.8 Å². The number of piperidine rings is 1. The summed E-state index contributed by atoms with van der Waals surface area (Å²) < 4.78 is 1.96. The Balaban J connectivity index is 1.60. The standard InChI is InChI=1S/C19H21N5OS/c1-13-11-15(18-20-7-9-23(18)2)22-17(21-13)14-5-3-8-24(12-14)19(25)16-6-4-10-26-16/h4,6-7,9-11,14H,3,5,8,12H2,1-2H3/t14-/m1/s1. The van der Waals surface area contributed by atoms with Crippen LogP contribution in [0.3, 0.4) is 0 Å². The van der Waals surface area contributed by atoms with Gasteiger partial charge in [0.2, 0.25) is 0 Å². The summed E-state index contributed by atoms with van der Waals surface area (Å²) >= 11 is 1.49. The van der Waals surface area contributed by atoms with Crippen LogP contribution in [0.5, 0.6) is 0 Å². The third-order valence-electron chi connectivity index (χ3n) is 4.73. The molecular formula is C19H21N5OS. The number of imidazole rings is 1. The first kappa shape index (κ1) is 16.9. The highest BCUT2D eigenvalue weighted by molar-refractivity contribution is 7.12. The molecule has 0 bridgehead atoms. The lowest BCUT2D eigenvalue weighted by Gasteiger charge is -2.32. The molecule has 1 fully saturated rings. The Bertz CT molecular complexity index is 918. The maximum absolute atomic E-state index is 12.7. The first-order valence-electron chi connectivity index (χ1n) is 8.78. The Morgan fingerprint density at radius 2 is 2.23 bits per heavy atom. The van der Waals surface area contributed by atoms with Crippen molar-refractivity contribution in [3.63, 3.8) is 0 Å². The minimum Gasteiger partial charge on any atom is -0.337 e. The molecule has 4 heterocycles. The molecular weight excluding hydrogens is 346 g/mol. The maximum atomic E-state index is 12.7. The second-order valence-corrected chi connectivity index (χ2v) is 7.63. The molecule has 1 amide bonds. The lowest BCUT2D eigenvalue weighted by molar-refractivity contribution is 0.0709. The number of carbonyl (C=O) groups is 1. The van der Waals surface area contributed by atoms with Crippen molar-refractivity contribution in [2.24, 2.45) is 7.05 Å². The number of hydrogen-bond donors (Lipinski definition) is 0. The van der Waals surface area contributed by atoms with E-state index >= 15 is 0 Å². The van der Waals surface area contributed by atoms with Crippen molar-refractivity contribution < 1.29 is 4.79 Å². The molecule has 4 rings (SSSR count). The van der Waals surface area contributed by atoms with Crippen LogP contribution in [0.4, 0.5) is 0 Å². The van der Waals surface area contributed by atoms with Crippen molar-refractivity contribution in [2.75, 3.05) is 13.1 Å². The van der Waals surface area contributed by atoms with Gasteiger partial charge in [-0.25, -0.2) is 15.0 Å². The molecule has 0 unspecified atom stereocenters. The zero-order valence-electron chi connectivity index (χ0n) is 14.9. The summed E-state index contributed by atoms with van der Waals surface area (Å²) in [6.07, 6.45) is 5.65. The molecule has 3 aromatic rings. The molecule has 1 atom stereocenters. The van der Waals surface area contributed by atoms with Crippen molar-refractivity contribution in [1.29, 1.82) is 0 Å². The van der Waals surface area contributed by atoms with Gasteiger partial charge in [-0.05, 0) is 37.3 Å². The molecule has 3 aromatic heterocycles. The van der Waals surface area contributed by atoms with Crippen LogP contribution in [0.15, 0.2) is 36.0 Å². The molecule has 0 radical (unpaired) electrons. The summed E-state index contributed by atoms with van der Waals surface area (Å²) in [5.41, 5.74) is 1.76. The normalized spacial score (nSPS) is 17.5. The van der Waals surface area contributed by atoms with Gasteiger partial charge in [0.25, 0.3) is 5.91 Å². The van der Waals surface area contributed by atoms with Gasteiger partial charge < -0.3 is 9.47 Å². The minimum absolute atomic E-state index is 0.113. The molecule has 26 heavy (non-hydrogen) atoms. The zero-order valence-corrected chi connectivity index (χ0v) is 15.7. The fourth-order valence-corrected chi connectivity index (χ4v) is 4.12. The van der Waals surface area contributed by atoms with E-state index in [1.165, 1.54) is 11.3 Å². The molecule has 1 aliphatic rings. The quantitative estimate of drug-likeness (QED) is 0.713. The van der Waals surface area contributed by atoms with Crippen LogP contribution in [0, 0.1) is 6.92 Å². The molecule has 1 aliphatic heterocycles. The lowest BCUT2D eigenvalue weighted by atomic mass is 9.96. The van der Waals surface area contributed by atoms with Crippen molar-refractivity contribution in [3.05, 3.63) is 52.4 Å². The Labute approximate surface area is 156 Å². The average Bonchev–Trinajstić information content (AvgIpc) is 3.32. The highest BCUT2D eigenvalue weighted by atomic mass is 32.1. The Morgan fingerprint density at radius 1 is 1.35 bits per heavy atom. The van der Waals surface area contributed by atoms with Gasteiger partial charge in [0, 0.05) is 44.1 Å². The number of aromatic nitrogens is 4. The van der Waals surface area contributed by atoms with E-state index in [9.17, 15) is 4.79 Å². The first-order chi connectivity index (χ1) is 12.6. The number of likely N-dealkylation sites (tertiary alicyclic amines) is 1. The molecule has 0 aromatic carbocycles. The van der Waals surface area contributed by atoms with Crippen molar-refractivity contribution in [3.8, 4) is 11.5 Å². The Hall–Kier alpha value is -2.54. The highest BCUT2D eigenvalue weighted by Crippen LogP contribution is 2.28. The SMILES string of the molecule is Cc1cc(-c2nccn2C)nc([C@@H]2CCCN(C(=O)c3cccs3)C2)n1. The molecule has 0 saturated carbocycles. The Morgan fingerprint density at radius 3 is 2.96 bits per heavy atom. The number of thiophene rings is 1. The topological polar surface area (TPSA) is 63.9 Å². The van der Waals surface area contributed by atoms with E-state index in [0.29, 0.717) is 6.54 Å². The number of nitrogens with zero attached hydrogens (tertiary/aromatic N) is 5. The average molecular weight is 367 g/mol. The third kappa shape index (κ3) is 3.26. The second kappa shape index (κ2) is 6.99. The van der Waals surface area contributed by atoms with Gasteiger partial charge in [0.15, 0.2) is 5.82 Å². The molecule has 0 spiro atoms. The predicted octanol–water partition coefficient (Wildman–Crippen LogP) is 3.27. The van der Waals surface area contributed by atoms with Crippen LogP contribution < -0.4 is 0 Å². The molecule has 1 saturated heterocycles. The summed E-state index contributed by atoms with van der Waals surface area (Å²) in [5, 5.41) is 1.94. The second-order valence-electron chi connectivity index (χ2n) is 6.68. The van der Waals surface area contributed by atoms with Crippen molar-refractivity contribution in [2.45, 2.75) is 25.7 Å². The van der Waals surface area contributed by atoms with Crippen LogP contribution >= 0.6 is 11.3 Å². The number of rotatable bonds is 3. The summed E-state index contributed by atoms with van der Waals surface area (Å²) in [7, 11) is 1.96. The van der Waals surface area contributed by atoms with E-state index in [0.717, 1.165) is 47.3 Å². The van der Waals surface area contributed by atoms with Crippen molar-refractivity contribution in [1.82, 2.24) is 24.4 Å². The third-order valence-corrected chi connectivity index (χ3v) is 5.59. The van der Waals surface area contributed by atoms with Crippen LogP contribution in [0.25, 0.3) is 11.5 Å². The fourth-order valence-electron chi connectivity index (χ4n) is 3.43. The van der Waals surface area contributed by atoms with Crippen LogP contribution in [-0.4, -0.2) is 43.4 Å². The van der Waals surface area contributed by atoms with E-state index in [2.05, 4.69) is 9.97 Å². The van der Waals surface area contributed by atoms with Crippen molar-refractivity contribution >= 4 is 17.2 Å². The van der Waals surface area contributed by atoms with Gasteiger partial charge in [-0.2, -0.15) is 0 Å². The summed E-state index contributed by atoms with van der Waals surface area (Å²) in [6.45, 7) is 3.44. The lowest BCUT2D eigenvalue weighted by Crippen LogP contribution is -2.39. The summed E-state index contributed by atoms with van der Waals surface area (Å²) in [4.78, 5) is 29.3. The van der Waals surface area contributed by atoms with E-state index in [1.54, 1.807) is 6.20 Å². The number of amides is 1. The van der Waals surface area contributed by atoms with Gasteiger partial charge in [-0.3, -0.25) is 4.79 Å². The summed E-state index contributed by atoms with van der Waals surface area (Å²) in [5.74, 6) is 1.92. The van der Waals surface area contributed by atoms with E-state index < -0.39 is 0 Å². The van der Waals surface area contributed by atoms with E-state index in [4.69, 9.17) is 4.98 Å². The largest absolute Gasteiger partial charge is 0.337 e. The fraction of sp³-hybridized carbons (Fsp3) is 0.368. The maximum Gasteiger partial charge on any atom is 0.263 e. The molecule has 134 valence electrons. The highest BCUT2D eigenvalue weighted by Gasteiger charge is 2.28. The van der Waals surface area contributed by atoms with Crippen LogP contribution in [-0.2, 0) is 7.05 Å². The van der Waals surface area contributed by atoms with Gasteiger partial charge in [-0.1, -0.05) is 6.07 Å². The molecule has 7 heteroatoms. The number of hydrogen-bond acceptors (Lipinski definition) is 5. The van der Waals surface area contributed by atoms with Crippen LogP contribution in [0.2, 0.25) is 0 Å². The van der Waals surface area contributed by atoms with Gasteiger partial charge in [-0.15, -0.1) is 11.3 Å². The number of aryl methyl sites for hydroxylation is 2. The molecule has 0 aliphatic carbocycles. The smallest absolute Gasteiger partial charge is 0.263 e. The zero-order chi connectivity index (χ0) is 18.1. The predicted molar refractivity (Wildman–Crippen MR) is 101 cm³/mol. The summed E-state index contributed by atoms with van der Waals surface area (Å²) in [6, 6.07) is 5.77. The van der Waals surface area contributed by atoms with E-state index in [1.807, 2.05) is 53.2 Å². The minimum atomic E-state index is 0.113. The van der Waals surface area contributed by atoms with Gasteiger partial charge >= 0.3 is 0 Å². The number of carbonyl (C=O) groups excluding carboxylic acids is 1. The van der Waals surface area contributed by atoms with Crippen LogP contribution in [0.1, 0.15) is 39.9 Å². The first-order valence-corrected chi connectivity index (χ1v) is 9.66. The monoisotopic (exact) mass is 367 g/mol. The van der Waals surface area contributed by atoms with Gasteiger partial charge in [0.05, 0.1) is 4.88 Å². The molecule has 0 N–H and O–H groups in total. The molecule has 6 nitrogen and oxygen atoms in total. The van der Waals surface area contributed by atoms with Gasteiger partial charge in [0.1, 0.15) is 11.5 Å².